The van der Waals surface area contributed by atoms with Crippen LogP contribution in [0.1, 0.15) is 27.7 Å². The van der Waals surface area contributed by atoms with Gasteiger partial charge in [-0.05, 0) is 45.9 Å². The van der Waals surface area contributed by atoms with Crippen molar-refractivity contribution in [3.05, 3.63) is 23.2 Å². The molecule has 1 saturated heterocycles. The highest BCUT2D eigenvalue weighted by Crippen LogP contribution is 2.37. The Balaban J connectivity index is 2.34. The Bertz CT molecular complexity index is 444. The lowest BCUT2D eigenvalue weighted by atomic mass is 9.79. The molecule has 1 aromatic carbocycles. The highest BCUT2D eigenvalue weighted by molar-refractivity contribution is 6.65. The van der Waals surface area contributed by atoms with Crippen molar-refractivity contribution in [1.82, 2.24) is 0 Å². The quantitative estimate of drug-likeness (QED) is 0.772. The molecule has 0 aromatic heterocycles. The van der Waals surface area contributed by atoms with Gasteiger partial charge in [0.25, 0.3) is 0 Å². The van der Waals surface area contributed by atoms with E-state index in [1.54, 1.807) is 13.2 Å². The summed E-state index contributed by atoms with van der Waals surface area (Å²) in [6.45, 7) is 8.06. The second-order valence-corrected chi connectivity index (χ2v) is 5.88. The number of hydrogen-bond acceptors (Lipinski definition) is 3. The van der Waals surface area contributed by atoms with Gasteiger partial charge in [0, 0.05) is 10.5 Å². The van der Waals surface area contributed by atoms with Gasteiger partial charge >= 0.3 is 7.12 Å². The van der Waals surface area contributed by atoms with Crippen molar-refractivity contribution >= 4 is 24.2 Å². The molecule has 0 spiro atoms. The van der Waals surface area contributed by atoms with Crippen LogP contribution in [0, 0.1) is 0 Å². The summed E-state index contributed by atoms with van der Waals surface area (Å²) in [6, 6.07) is 5.46. The van der Waals surface area contributed by atoms with Crippen molar-refractivity contribution in [3.8, 4) is 5.75 Å². The topological polar surface area (TPSA) is 27.7 Å². The van der Waals surface area contributed by atoms with Gasteiger partial charge in [0.1, 0.15) is 5.75 Å². The predicted molar refractivity (Wildman–Crippen MR) is 73.7 cm³/mol. The first-order valence-electron chi connectivity index (χ1n) is 5.96. The number of methoxy groups -OCH3 is 1. The van der Waals surface area contributed by atoms with Gasteiger partial charge in [-0.15, -0.1) is 0 Å². The largest absolute Gasteiger partial charge is 0.497 e. The molecular weight excluding hydrogens is 250 g/mol. The first-order chi connectivity index (χ1) is 8.27. The van der Waals surface area contributed by atoms with Crippen LogP contribution in [0.5, 0.6) is 5.75 Å². The fourth-order valence-electron chi connectivity index (χ4n) is 1.80. The van der Waals surface area contributed by atoms with E-state index in [2.05, 4.69) is 0 Å². The fourth-order valence-corrected chi connectivity index (χ4v) is 2.01. The molecule has 0 amide bonds. The summed E-state index contributed by atoms with van der Waals surface area (Å²) in [5.41, 5.74) is 0.0587. The molecule has 0 saturated carbocycles. The normalized spacial score (nSPS) is 21.1. The van der Waals surface area contributed by atoms with E-state index in [1.807, 2.05) is 39.8 Å². The fraction of sp³-hybridized carbons (Fsp3) is 0.538. The maximum absolute atomic E-state index is 6.20. The van der Waals surface area contributed by atoms with Gasteiger partial charge in [-0.3, -0.25) is 0 Å². The third-order valence-electron chi connectivity index (χ3n) is 3.71. The minimum Gasteiger partial charge on any atom is -0.497 e. The molecule has 1 aliphatic rings. The molecule has 0 bridgehead atoms. The summed E-state index contributed by atoms with van der Waals surface area (Å²) in [5.74, 6) is 0.740. The molecule has 1 aliphatic heterocycles. The van der Waals surface area contributed by atoms with E-state index in [0.717, 1.165) is 11.2 Å². The predicted octanol–water partition coefficient (Wildman–Crippen LogP) is 2.65. The van der Waals surface area contributed by atoms with Gasteiger partial charge in [0.05, 0.1) is 18.3 Å². The number of benzene rings is 1. The molecule has 0 N–H and O–H groups in total. The molecule has 5 heteroatoms. The minimum atomic E-state index is -0.461. The zero-order valence-corrected chi connectivity index (χ0v) is 12.2. The van der Waals surface area contributed by atoms with Gasteiger partial charge in [-0.25, -0.2) is 0 Å². The van der Waals surface area contributed by atoms with E-state index < -0.39 is 7.12 Å². The number of rotatable bonds is 2. The first kappa shape index (κ1) is 13.7. The van der Waals surface area contributed by atoms with E-state index in [-0.39, 0.29) is 11.2 Å². The molecule has 98 valence electrons. The Labute approximate surface area is 114 Å². The van der Waals surface area contributed by atoms with Crippen LogP contribution in [-0.2, 0) is 9.31 Å². The van der Waals surface area contributed by atoms with E-state index >= 15 is 0 Å². The molecule has 3 nitrogen and oxygen atoms in total. The summed E-state index contributed by atoms with van der Waals surface area (Å²) in [5, 5.41) is 0.620. The van der Waals surface area contributed by atoms with E-state index in [1.165, 1.54) is 0 Å². The van der Waals surface area contributed by atoms with Gasteiger partial charge in [-0.1, -0.05) is 11.6 Å². The Morgan fingerprint density at radius 3 is 2.17 bits per heavy atom. The van der Waals surface area contributed by atoms with Crippen molar-refractivity contribution in [2.75, 3.05) is 7.11 Å². The minimum absolute atomic E-state index is 0.371. The van der Waals surface area contributed by atoms with Gasteiger partial charge in [0.2, 0.25) is 0 Å². The second-order valence-electron chi connectivity index (χ2n) is 5.48. The van der Waals surface area contributed by atoms with Gasteiger partial charge in [0.15, 0.2) is 0 Å². The van der Waals surface area contributed by atoms with Crippen molar-refractivity contribution in [3.63, 3.8) is 0 Å². The Morgan fingerprint density at radius 1 is 1.11 bits per heavy atom. The lowest BCUT2D eigenvalue weighted by molar-refractivity contribution is 0.00578. The smallest absolute Gasteiger partial charge is 0.496 e. The summed E-state index contributed by atoms with van der Waals surface area (Å²) in [6.07, 6.45) is 0. The second kappa shape index (κ2) is 4.44. The summed E-state index contributed by atoms with van der Waals surface area (Å²) in [7, 11) is 1.16. The molecule has 0 aliphatic carbocycles. The average molecular weight is 269 g/mol. The van der Waals surface area contributed by atoms with Crippen molar-refractivity contribution in [2.45, 2.75) is 38.9 Å². The molecule has 0 unspecified atom stereocenters. The molecule has 2 rings (SSSR count). The Hall–Kier alpha value is -0.705. The first-order valence-corrected chi connectivity index (χ1v) is 6.34. The lowest BCUT2D eigenvalue weighted by Gasteiger charge is -2.32. The van der Waals surface area contributed by atoms with Crippen molar-refractivity contribution in [1.29, 1.82) is 0 Å². The maximum Gasteiger partial charge on any atom is 0.496 e. The number of hydrogen-bond donors (Lipinski definition) is 0. The molecule has 0 atom stereocenters. The summed E-state index contributed by atoms with van der Waals surface area (Å²) < 4.78 is 17.1. The highest BCUT2D eigenvalue weighted by atomic mass is 35.5. The SMILES string of the molecule is COc1ccc(Cl)c(B2OC(C)(C)C(C)(C)O2)c1. The summed E-state index contributed by atoms with van der Waals surface area (Å²) >= 11 is 6.20. The maximum atomic E-state index is 6.20. The molecule has 1 aromatic rings. The third kappa shape index (κ3) is 2.25. The number of halogens is 1. The van der Waals surface area contributed by atoms with Crippen LogP contribution in [0.4, 0.5) is 0 Å². The molecular formula is C13H18BClO3. The van der Waals surface area contributed by atoms with Crippen molar-refractivity contribution in [2.24, 2.45) is 0 Å². The zero-order valence-electron chi connectivity index (χ0n) is 11.4. The van der Waals surface area contributed by atoms with Crippen LogP contribution in [0.25, 0.3) is 0 Å². The lowest BCUT2D eigenvalue weighted by Crippen LogP contribution is -2.41. The molecule has 0 radical (unpaired) electrons. The van der Waals surface area contributed by atoms with Gasteiger partial charge < -0.3 is 14.0 Å². The highest BCUT2D eigenvalue weighted by Gasteiger charge is 2.52. The average Bonchev–Trinajstić information content (AvgIpc) is 2.48. The third-order valence-corrected chi connectivity index (χ3v) is 4.05. The van der Waals surface area contributed by atoms with Crippen LogP contribution < -0.4 is 10.2 Å². The van der Waals surface area contributed by atoms with E-state index in [9.17, 15) is 0 Å². The summed E-state index contributed by atoms with van der Waals surface area (Å²) in [4.78, 5) is 0. The molecule has 1 fully saturated rings. The monoisotopic (exact) mass is 268 g/mol. The van der Waals surface area contributed by atoms with Crippen LogP contribution in [0.3, 0.4) is 0 Å². The zero-order chi connectivity index (χ0) is 13.6. The number of ether oxygens (including phenoxy) is 1. The van der Waals surface area contributed by atoms with E-state index in [4.69, 9.17) is 25.6 Å². The molecule has 1 heterocycles. The van der Waals surface area contributed by atoms with Gasteiger partial charge in [-0.2, -0.15) is 0 Å². The Morgan fingerprint density at radius 2 is 1.67 bits per heavy atom. The van der Waals surface area contributed by atoms with Crippen LogP contribution in [0.15, 0.2) is 18.2 Å². The van der Waals surface area contributed by atoms with E-state index in [0.29, 0.717) is 5.02 Å². The van der Waals surface area contributed by atoms with Crippen LogP contribution >= 0.6 is 11.6 Å². The standard InChI is InChI=1S/C13H18BClO3/c1-12(2)13(3,4)18-14(17-12)10-8-9(16-5)6-7-11(10)15/h6-8H,1-5H3. The molecule has 18 heavy (non-hydrogen) atoms. The Kier molecular flexibility index (Phi) is 3.39. The van der Waals surface area contributed by atoms with Crippen molar-refractivity contribution < 1.29 is 14.0 Å². The van der Waals surface area contributed by atoms with Crippen LogP contribution in [-0.4, -0.2) is 25.4 Å². The van der Waals surface area contributed by atoms with Crippen LogP contribution in [0.2, 0.25) is 5.02 Å².